The van der Waals surface area contributed by atoms with E-state index >= 15 is 0 Å². The lowest BCUT2D eigenvalue weighted by atomic mass is 10.3. The largest absolute Gasteiger partial charge is 0.360 e. The molecule has 0 spiro atoms. The first kappa shape index (κ1) is 19.6. The van der Waals surface area contributed by atoms with Crippen LogP contribution in [0.3, 0.4) is 0 Å². The highest BCUT2D eigenvalue weighted by molar-refractivity contribution is 7.89. The predicted octanol–water partition coefficient (Wildman–Crippen LogP) is 1.03. The number of sulfonamides is 1. The van der Waals surface area contributed by atoms with Crippen molar-refractivity contribution in [2.75, 3.05) is 26.2 Å². The van der Waals surface area contributed by atoms with Crippen LogP contribution in [0.4, 0.5) is 0 Å². The number of aryl methyl sites for hydroxylation is 4. The summed E-state index contributed by atoms with van der Waals surface area (Å²) in [7, 11) is -3.69. The van der Waals surface area contributed by atoms with Gasteiger partial charge in [0.2, 0.25) is 15.9 Å². The lowest BCUT2D eigenvalue weighted by Gasteiger charge is -2.22. The lowest BCUT2D eigenvalue weighted by molar-refractivity contribution is -0.131. The highest BCUT2D eigenvalue weighted by Crippen LogP contribution is 2.24. The van der Waals surface area contributed by atoms with Gasteiger partial charge in [-0.1, -0.05) is 5.16 Å². The average Bonchev–Trinajstić information content (AvgIpc) is 2.97. The Bertz CT molecular complexity index is 927. The van der Waals surface area contributed by atoms with Gasteiger partial charge in [-0.25, -0.2) is 8.42 Å². The fraction of sp³-hybridized carbons (Fsp3) is 0.588. The molecule has 0 N–H and O–H groups in total. The van der Waals surface area contributed by atoms with Gasteiger partial charge in [-0.2, -0.15) is 9.40 Å². The van der Waals surface area contributed by atoms with Crippen LogP contribution in [0.25, 0.3) is 0 Å². The SMILES string of the molecule is Cc1cc(C)n(CC(=O)N2CCCN(S(=O)(=O)c3c(C)noc3C)CC2)n1. The lowest BCUT2D eigenvalue weighted by Crippen LogP contribution is -2.39. The molecule has 3 heterocycles. The number of amides is 1. The predicted molar refractivity (Wildman–Crippen MR) is 97.6 cm³/mol. The summed E-state index contributed by atoms with van der Waals surface area (Å²) in [5.41, 5.74) is 2.15. The maximum absolute atomic E-state index is 13.0. The third kappa shape index (κ3) is 3.91. The second kappa shape index (κ2) is 7.43. The Morgan fingerprint density at radius 1 is 1.15 bits per heavy atom. The molecule has 9 nitrogen and oxygen atoms in total. The summed E-state index contributed by atoms with van der Waals surface area (Å²) in [6.45, 7) is 8.64. The van der Waals surface area contributed by atoms with E-state index in [2.05, 4.69) is 10.3 Å². The Kier molecular flexibility index (Phi) is 5.38. The molecule has 3 rings (SSSR count). The summed E-state index contributed by atoms with van der Waals surface area (Å²) in [5, 5.41) is 8.07. The zero-order valence-corrected chi connectivity index (χ0v) is 16.9. The molecule has 2 aromatic rings. The molecule has 1 aliphatic heterocycles. The standard InChI is InChI=1S/C17H25N5O4S/c1-12-10-13(2)22(18-12)11-16(23)20-6-5-7-21(9-8-20)27(24,25)17-14(3)19-26-15(17)4/h10H,5-9,11H2,1-4H3. The van der Waals surface area contributed by atoms with Gasteiger partial charge in [0, 0.05) is 31.9 Å². The molecular weight excluding hydrogens is 370 g/mol. The van der Waals surface area contributed by atoms with Crippen LogP contribution in [0.2, 0.25) is 0 Å². The van der Waals surface area contributed by atoms with Gasteiger partial charge in [0.15, 0.2) is 5.76 Å². The molecule has 1 fully saturated rings. The van der Waals surface area contributed by atoms with Crippen LogP contribution < -0.4 is 0 Å². The molecule has 1 saturated heterocycles. The zero-order valence-electron chi connectivity index (χ0n) is 16.1. The normalized spacial score (nSPS) is 16.5. The fourth-order valence-electron chi connectivity index (χ4n) is 3.42. The Balaban J connectivity index is 1.70. The Hall–Kier alpha value is -2.20. The summed E-state index contributed by atoms with van der Waals surface area (Å²) < 4.78 is 34.0. The van der Waals surface area contributed by atoms with E-state index in [0.29, 0.717) is 31.7 Å². The summed E-state index contributed by atoms with van der Waals surface area (Å²) in [6.07, 6.45) is 0.575. The van der Waals surface area contributed by atoms with Crippen LogP contribution in [0, 0.1) is 27.7 Å². The molecule has 0 aliphatic carbocycles. The summed E-state index contributed by atoms with van der Waals surface area (Å²) in [6, 6.07) is 1.92. The third-order valence-corrected chi connectivity index (χ3v) is 6.91. The molecule has 148 valence electrons. The van der Waals surface area contributed by atoms with Gasteiger partial charge >= 0.3 is 0 Å². The van der Waals surface area contributed by atoms with Gasteiger partial charge in [0.1, 0.15) is 17.1 Å². The Labute approximate surface area is 159 Å². The first-order chi connectivity index (χ1) is 12.7. The molecule has 0 aromatic carbocycles. The second-order valence-electron chi connectivity index (χ2n) is 6.88. The van der Waals surface area contributed by atoms with Crippen LogP contribution in [-0.2, 0) is 21.4 Å². The molecule has 0 radical (unpaired) electrons. The van der Waals surface area contributed by atoms with Gasteiger partial charge < -0.3 is 9.42 Å². The number of hydrogen-bond acceptors (Lipinski definition) is 6. The average molecular weight is 395 g/mol. The molecule has 27 heavy (non-hydrogen) atoms. The van der Waals surface area contributed by atoms with Crippen molar-refractivity contribution in [3.63, 3.8) is 0 Å². The number of carbonyl (C=O) groups excluding carboxylic acids is 1. The van der Waals surface area contributed by atoms with Gasteiger partial charge in [-0.3, -0.25) is 9.48 Å². The van der Waals surface area contributed by atoms with E-state index in [9.17, 15) is 13.2 Å². The zero-order chi connectivity index (χ0) is 19.8. The van der Waals surface area contributed by atoms with E-state index in [0.717, 1.165) is 11.4 Å². The maximum Gasteiger partial charge on any atom is 0.248 e. The molecular formula is C17H25N5O4S. The van der Waals surface area contributed by atoms with Gasteiger partial charge in [0.25, 0.3) is 0 Å². The van der Waals surface area contributed by atoms with Crippen molar-refractivity contribution in [2.45, 2.75) is 45.6 Å². The Morgan fingerprint density at radius 2 is 1.89 bits per heavy atom. The minimum atomic E-state index is -3.69. The molecule has 1 aliphatic rings. The highest BCUT2D eigenvalue weighted by Gasteiger charge is 2.32. The van der Waals surface area contributed by atoms with Crippen LogP contribution in [0.15, 0.2) is 15.5 Å². The molecule has 0 saturated carbocycles. The minimum absolute atomic E-state index is 0.0576. The van der Waals surface area contributed by atoms with Crippen LogP contribution >= 0.6 is 0 Å². The second-order valence-corrected chi connectivity index (χ2v) is 8.75. The van der Waals surface area contributed by atoms with Gasteiger partial charge in [-0.15, -0.1) is 0 Å². The molecule has 0 bridgehead atoms. The quantitative estimate of drug-likeness (QED) is 0.766. The van der Waals surface area contributed by atoms with Crippen molar-refractivity contribution in [2.24, 2.45) is 0 Å². The van der Waals surface area contributed by atoms with Crippen molar-refractivity contribution in [3.05, 3.63) is 28.9 Å². The smallest absolute Gasteiger partial charge is 0.248 e. The van der Waals surface area contributed by atoms with E-state index in [4.69, 9.17) is 4.52 Å². The van der Waals surface area contributed by atoms with Crippen molar-refractivity contribution >= 4 is 15.9 Å². The summed E-state index contributed by atoms with van der Waals surface area (Å²) >= 11 is 0. The molecule has 2 aromatic heterocycles. The van der Waals surface area contributed by atoms with E-state index in [-0.39, 0.29) is 29.7 Å². The monoisotopic (exact) mass is 395 g/mol. The van der Waals surface area contributed by atoms with E-state index in [1.807, 2.05) is 19.9 Å². The van der Waals surface area contributed by atoms with Crippen molar-refractivity contribution in [3.8, 4) is 0 Å². The highest BCUT2D eigenvalue weighted by atomic mass is 32.2. The van der Waals surface area contributed by atoms with Crippen molar-refractivity contribution in [1.29, 1.82) is 0 Å². The van der Waals surface area contributed by atoms with Crippen molar-refractivity contribution < 1.29 is 17.7 Å². The fourth-order valence-corrected chi connectivity index (χ4v) is 5.18. The first-order valence-electron chi connectivity index (χ1n) is 8.92. The van der Waals surface area contributed by atoms with Crippen molar-refractivity contribution in [1.82, 2.24) is 24.1 Å². The third-order valence-electron chi connectivity index (χ3n) is 4.76. The minimum Gasteiger partial charge on any atom is -0.360 e. The molecule has 0 atom stereocenters. The number of carbonyl (C=O) groups is 1. The number of rotatable bonds is 4. The van der Waals surface area contributed by atoms with Crippen LogP contribution in [-0.4, -0.2) is 64.6 Å². The maximum atomic E-state index is 13.0. The Morgan fingerprint density at radius 3 is 2.48 bits per heavy atom. The van der Waals surface area contributed by atoms with Gasteiger partial charge in [-0.05, 0) is 40.2 Å². The van der Waals surface area contributed by atoms with E-state index in [1.54, 1.807) is 23.4 Å². The topological polar surface area (TPSA) is 102 Å². The molecule has 10 heteroatoms. The molecule has 0 unspecified atom stereocenters. The van der Waals surface area contributed by atoms with E-state index in [1.165, 1.54) is 4.31 Å². The van der Waals surface area contributed by atoms with E-state index < -0.39 is 10.0 Å². The number of aromatic nitrogens is 3. The van der Waals surface area contributed by atoms with Gasteiger partial charge in [0.05, 0.1) is 5.69 Å². The summed E-state index contributed by atoms with van der Waals surface area (Å²) in [4.78, 5) is 14.5. The summed E-state index contributed by atoms with van der Waals surface area (Å²) in [5.74, 6) is 0.229. The molecule has 1 amide bonds. The number of hydrogen-bond donors (Lipinski definition) is 0. The first-order valence-corrected chi connectivity index (χ1v) is 10.4. The van der Waals surface area contributed by atoms with Crippen LogP contribution in [0.5, 0.6) is 0 Å². The van der Waals surface area contributed by atoms with Crippen LogP contribution in [0.1, 0.15) is 29.3 Å². The number of nitrogens with zero attached hydrogens (tertiary/aromatic N) is 5.